The van der Waals surface area contributed by atoms with Gasteiger partial charge >= 0.3 is 6.01 Å². The molecule has 0 radical (unpaired) electrons. The maximum absolute atomic E-state index is 12.6. The first-order chi connectivity index (χ1) is 14.0. The van der Waals surface area contributed by atoms with E-state index < -0.39 is 0 Å². The van der Waals surface area contributed by atoms with Crippen molar-refractivity contribution in [2.75, 3.05) is 24.5 Å². The van der Waals surface area contributed by atoms with E-state index in [0.29, 0.717) is 41.3 Å². The van der Waals surface area contributed by atoms with Crippen molar-refractivity contribution in [3.8, 4) is 0 Å². The number of aromatic nitrogens is 2. The van der Waals surface area contributed by atoms with Gasteiger partial charge in [0, 0.05) is 30.6 Å². The first-order valence-corrected chi connectivity index (χ1v) is 11.6. The molecule has 0 spiro atoms. The summed E-state index contributed by atoms with van der Waals surface area (Å²) in [5.74, 6) is 1.21. The van der Waals surface area contributed by atoms with E-state index in [1.165, 1.54) is 44.9 Å². The van der Waals surface area contributed by atoms with Gasteiger partial charge in [0.05, 0.1) is 0 Å². The average molecular weight is 402 g/mol. The minimum absolute atomic E-state index is 0.202. The van der Waals surface area contributed by atoms with Crippen LogP contribution in [0, 0.1) is 18.3 Å². The Bertz CT molecular complexity index is 723. The maximum atomic E-state index is 12.6. The summed E-state index contributed by atoms with van der Waals surface area (Å²) in [4.78, 5) is 22.1. The Morgan fingerprint density at radius 3 is 2.38 bits per heavy atom. The van der Waals surface area contributed by atoms with Gasteiger partial charge in [-0.25, -0.2) is 0 Å². The molecule has 2 bridgehead atoms. The van der Waals surface area contributed by atoms with Gasteiger partial charge < -0.3 is 19.6 Å². The second kappa shape index (κ2) is 7.56. The number of fused-ring (bicyclic) bond motifs is 2. The van der Waals surface area contributed by atoms with Gasteiger partial charge in [-0.3, -0.25) is 4.79 Å². The number of anilines is 1. The Labute approximate surface area is 173 Å². The van der Waals surface area contributed by atoms with E-state index in [2.05, 4.69) is 32.2 Å². The monoisotopic (exact) mass is 401 g/mol. The second-order valence-electron chi connectivity index (χ2n) is 10.2. The number of likely N-dealkylation sites (tertiary alicyclic amines) is 1. The van der Waals surface area contributed by atoms with Gasteiger partial charge in [-0.05, 0) is 76.8 Å². The van der Waals surface area contributed by atoms with Crippen LogP contribution in [-0.2, 0) is 4.79 Å². The molecule has 3 aliphatic heterocycles. The predicted octanol–water partition coefficient (Wildman–Crippen LogP) is 2.90. The molecule has 160 valence electrons. The Hall–Kier alpha value is -1.63. The van der Waals surface area contributed by atoms with Crippen molar-refractivity contribution in [1.29, 1.82) is 0 Å². The highest BCUT2D eigenvalue weighted by atomic mass is 16.5. The zero-order chi connectivity index (χ0) is 20.0. The van der Waals surface area contributed by atoms with Gasteiger partial charge in [-0.1, -0.05) is 18.5 Å². The molecule has 0 aromatic carbocycles. The van der Waals surface area contributed by atoms with E-state index in [9.17, 15) is 4.79 Å². The Morgan fingerprint density at radius 2 is 1.83 bits per heavy atom. The molecule has 1 amide bonds. The van der Waals surface area contributed by atoms with Crippen LogP contribution in [0.5, 0.6) is 0 Å². The minimum Gasteiger partial charge on any atom is -0.355 e. The quantitative estimate of drug-likeness (QED) is 0.818. The summed E-state index contributed by atoms with van der Waals surface area (Å²) in [6.07, 6.45) is 10.6. The molecule has 7 heteroatoms. The molecule has 3 saturated heterocycles. The average Bonchev–Trinajstić information content (AvgIpc) is 3.24. The molecule has 2 unspecified atom stereocenters. The normalized spacial score (nSPS) is 32.2. The molecule has 29 heavy (non-hydrogen) atoms. The first-order valence-electron chi connectivity index (χ1n) is 11.6. The highest BCUT2D eigenvalue weighted by Gasteiger charge is 2.45. The van der Waals surface area contributed by atoms with Crippen LogP contribution < -0.4 is 10.2 Å². The summed E-state index contributed by atoms with van der Waals surface area (Å²) in [5, 5.41) is 7.24. The third-order valence-corrected chi connectivity index (χ3v) is 8.11. The molecular formula is C22H35N5O2. The number of hydrogen-bond donors (Lipinski definition) is 1. The van der Waals surface area contributed by atoms with Gasteiger partial charge in [0.1, 0.15) is 0 Å². The van der Waals surface area contributed by atoms with E-state index in [-0.39, 0.29) is 5.92 Å². The van der Waals surface area contributed by atoms with Crippen molar-refractivity contribution in [3.05, 3.63) is 5.82 Å². The van der Waals surface area contributed by atoms with Crippen LogP contribution in [0.25, 0.3) is 0 Å². The molecule has 1 aliphatic carbocycles. The van der Waals surface area contributed by atoms with E-state index in [1.807, 2.05) is 6.92 Å². The number of nitrogens with zero attached hydrogens (tertiary/aromatic N) is 4. The van der Waals surface area contributed by atoms with Crippen LogP contribution in [0.2, 0.25) is 0 Å². The summed E-state index contributed by atoms with van der Waals surface area (Å²) in [6, 6.07) is 2.38. The zero-order valence-corrected chi connectivity index (χ0v) is 17.9. The summed E-state index contributed by atoms with van der Waals surface area (Å²) in [6.45, 7) is 7.16. The lowest BCUT2D eigenvalue weighted by Gasteiger charge is -2.44. The molecule has 7 nitrogen and oxygen atoms in total. The summed E-state index contributed by atoms with van der Waals surface area (Å²) < 4.78 is 5.47. The highest BCUT2D eigenvalue weighted by molar-refractivity contribution is 5.78. The Morgan fingerprint density at radius 1 is 1.14 bits per heavy atom. The number of rotatable bonds is 5. The standard InChI is InChI=1S/C22H35N5O2/c1-15-24-21(29-25-15)27-17-4-5-18(27)13-19(12-17)26-10-6-16(7-11-26)20(28)23-14-22(2)8-3-9-22/h16-19H,3-14H2,1-2H3,(H,23,28). The summed E-state index contributed by atoms with van der Waals surface area (Å²) >= 11 is 0. The van der Waals surface area contributed by atoms with Crippen molar-refractivity contribution >= 4 is 11.9 Å². The van der Waals surface area contributed by atoms with Gasteiger partial charge in [0.25, 0.3) is 0 Å². The zero-order valence-electron chi connectivity index (χ0n) is 17.9. The summed E-state index contributed by atoms with van der Waals surface area (Å²) in [7, 11) is 0. The number of piperidine rings is 2. The number of carbonyl (C=O) groups excluding carboxylic acids is 1. The number of hydrogen-bond acceptors (Lipinski definition) is 6. The van der Waals surface area contributed by atoms with Crippen molar-refractivity contribution in [1.82, 2.24) is 20.4 Å². The minimum atomic E-state index is 0.202. The molecule has 1 aromatic heterocycles. The largest absolute Gasteiger partial charge is 0.355 e. The number of amides is 1. The fraction of sp³-hybridized carbons (Fsp3) is 0.864. The number of carbonyl (C=O) groups is 1. The van der Waals surface area contributed by atoms with Crippen LogP contribution in [0.3, 0.4) is 0 Å². The van der Waals surface area contributed by atoms with Crippen LogP contribution in [-0.4, -0.2) is 58.7 Å². The summed E-state index contributed by atoms with van der Waals surface area (Å²) in [5.41, 5.74) is 0.362. The third kappa shape index (κ3) is 3.78. The van der Waals surface area contributed by atoms with Crippen molar-refractivity contribution in [3.63, 3.8) is 0 Å². The number of nitrogens with one attached hydrogen (secondary N) is 1. The van der Waals surface area contributed by atoms with Gasteiger partial charge in [-0.15, -0.1) is 0 Å². The van der Waals surface area contributed by atoms with Crippen molar-refractivity contribution in [2.45, 2.75) is 89.8 Å². The van der Waals surface area contributed by atoms with Crippen LogP contribution in [0.4, 0.5) is 6.01 Å². The van der Waals surface area contributed by atoms with Gasteiger partial charge in [0.15, 0.2) is 5.82 Å². The maximum Gasteiger partial charge on any atom is 0.324 e. The highest BCUT2D eigenvalue weighted by Crippen LogP contribution is 2.41. The molecule has 1 N–H and O–H groups in total. The van der Waals surface area contributed by atoms with Crippen molar-refractivity contribution in [2.24, 2.45) is 11.3 Å². The van der Waals surface area contributed by atoms with Crippen molar-refractivity contribution < 1.29 is 9.32 Å². The van der Waals surface area contributed by atoms with Crippen LogP contribution >= 0.6 is 0 Å². The molecule has 4 fully saturated rings. The topological polar surface area (TPSA) is 74.5 Å². The third-order valence-electron chi connectivity index (χ3n) is 8.11. The van der Waals surface area contributed by atoms with E-state index in [1.54, 1.807) is 0 Å². The van der Waals surface area contributed by atoms with E-state index >= 15 is 0 Å². The molecule has 2 atom stereocenters. The Balaban J connectivity index is 1.12. The SMILES string of the molecule is Cc1noc(N2C3CCC2CC(N2CCC(C(=O)NCC4(C)CCC4)CC2)C3)n1. The molecule has 4 heterocycles. The molecule has 4 aliphatic rings. The van der Waals surface area contributed by atoms with Gasteiger partial charge in [0.2, 0.25) is 5.91 Å². The smallest absolute Gasteiger partial charge is 0.324 e. The Kier molecular flexibility index (Phi) is 5.04. The number of aryl methyl sites for hydroxylation is 1. The second-order valence-corrected chi connectivity index (χ2v) is 10.2. The van der Waals surface area contributed by atoms with E-state index in [4.69, 9.17) is 4.52 Å². The van der Waals surface area contributed by atoms with E-state index in [0.717, 1.165) is 32.5 Å². The fourth-order valence-corrected chi connectivity index (χ4v) is 6.08. The lowest BCUT2D eigenvalue weighted by atomic mass is 9.70. The van der Waals surface area contributed by atoms with Crippen LogP contribution in [0.1, 0.15) is 70.5 Å². The predicted molar refractivity (Wildman–Crippen MR) is 111 cm³/mol. The molecule has 1 saturated carbocycles. The molecular weight excluding hydrogens is 366 g/mol. The first kappa shape index (κ1) is 19.3. The van der Waals surface area contributed by atoms with Crippen LogP contribution in [0.15, 0.2) is 4.52 Å². The van der Waals surface area contributed by atoms with Gasteiger partial charge in [-0.2, -0.15) is 4.98 Å². The molecule has 5 rings (SSSR count). The fourth-order valence-electron chi connectivity index (χ4n) is 6.08. The lowest BCUT2D eigenvalue weighted by molar-refractivity contribution is -0.127. The lowest BCUT2D eigenvalue weighted by Crippen LogP contribution is -2.53. The molecule has 1 aromatic rings.